The van der Waals surface area contributed by atoms with Crippen molar-refractivity contribution in [2.45, 2.75) is 13.0 Å². The highest BCUT2D eigenvalue weighted by Gasteiger charge is 2.32. The van der Waals surface area contributed by atoms with Crippen molar-refractivity contribution in [2.75, 3.05) is 31.7 Å². The zero-order valence-corrected chi connectivity index (χ0v) is 16.0. The molecule has 0 N–H and O–H groups in total. The smallest absolute Gasteiger partial charge is 0.338 e. The average Bonchev–Trinajstić information content (AvgIpc) is 3.08. The van der Waals surface area contributed by atoms with E-state index in [1.54, 1.807) is 42.7 Å². The van der Waals surface area contributed by atoms with Crippen LogP contribution in [-0.4, -0.2) is 43.9 Å². The van der Waals surface area contributed by atoms with Gasteiger partial charge in [0.15, 0.2) is 5.13 Å². The van der Waals surface area contributed by atoms with E-state index in [1.807, 2.05) is 25.1 Å². The molecule has 0 aliphatic carbocycles. The molecule has 0 spiro atoms. The number of ether oxygens (including phenoxy) is 3. The zero-order chi connectivity index (χ0) is 18.8. The van der Waals surface area contributed by atoms with Crippen molar-refractivity contribution in [3.8, 4) is 11.5 Å². The number of carbonyl (C=O) groups excluding carboxylic acids is 1. The van der Waals surface area contributed by atoms with Gasteiger partial charge in [0.05, 0.1) is 37.1 Å². The second-order valence-corrected chi connectivity index (χ2v) is 7.20. The number of rotatable bonds is 6. The summed E-state index contributed by atoms with van der Waals surface area (Å²) < 4.78 is 17.4. The van der Waals surface area contributed by atoms with E-state index in [4.69, 9.17) is 14.2 Å². The highest BCUT2D eigenvalue weighted by Crippen LogP contribution is 2.36. The largest absolute Gasteiger partial charge is 0.494 e. The summed E-state index contributed by atoms with van der Waals surface area (Å²) >= 11 is 1.61. The Balaban J connectivity index is 1.36. The first-order chi connectivity index (χ1) is 13.2. The molecule has 7 heteroatoms. The highest BCUT2D eigenvalue weighted by molar-refractivity contribution is 7.22. The molecule has 1 aliphatic rings. The van der Waals surface area contributed by atoms with Gasteiger partial charge in [-0.05, 0) is 43.3 Å². The summed E-state index contributed by atoms with van der Waals surface area (Å²) in [6.07, 6.45) is -0.127. The molecular weight excluding hydrogens is 364 g/mol. The van der Waals surface area contributed by atoms with Crippen molar-refractivity contribution in [2.24, 2.45) is 0 Å². The standard InChI is InChI=1S/C20H20N2O4S/c1-3-25-14-9-7-13(8-10-14)19(23)26-15-11-22(12-15)20-21-18-16(24-2)5-4-6-17(18)27-20/h4-10,15H,3,11-12H2,1-2H3. The maximum absolute atomic E-state index is 12.3. The Kier molecular flexibility index (Phi) is 4.85. The van der Waals surface area contributed by atoms with Crippen LogP contribution in [0.15, 0.2) is 42.5 Å². The molecule has 2 heterocycles. The van der Waals surface area contributed by atoms with Crippen molar-refractivity contribution in [1.82, 2.24) is 4.98 Å². The van der Waals surface area contributed by atoms with E-state index >= 15 is 0 Å². The van der Waals surface area contributed by atoms with Gasteiger partial charge in [0, 0.05) is 0 Å². The van der Waals surface area contributed by atoms with Gasteiger partial charge in [0.1, 0.15) is 23.1 Å². The number of benzene rings is 2. The Hall–Kier alpha value is -2.80. The SMILES string of the molecule is CCOc1ccc(C(=O)OC2CN(c3nc4c(OC)cccc4s3)C2)cc1. The minimum absolute atomic E-state index is 0.127. The van der Waals surface area contributed by atoms with Crippen LogP contribution in [0.4, 0.5) is 5.13 Å². The number of fused-ring (bicyclic) bond motifs is 1. The van der Waals surface area contributed by atoms with Gasteiger partial charge in [0.25, 0.3) is 0 Å². The molecule has 140 valence electrons. The van der Waals surface area contributed by atoms with Crippen molar-refractivity contribution in [1.29, 1.82) is 0 Å². The van der Waals surface area contributed by atoms with Crippen LogP contribution in [0.1, 0.15) is 17.3 Å². The highest BCUT2D eigenvalue weighted by atomic mass is 32.1. The lowest BCUT2D eigenvalue weighted by Gasteiger charge is -2.38. The second kappa shape index (κ2) is 7.44. The van der Waals surface area contributed by atoms with Gasteiger partial charge in [-0.25, -0.2) is 9.78 Å². The van der Waals surface area contributed by atoms with Crippen LogP contribution in [-0.2, 0) is 4.74 Å². The van der Waals surface area contributed by atoms with Crippen LogP contribution < -0.4 is 14.4 Å². The Morgan fingerprint density at radius 2 is 2.00 bits per heavy atom. The lowest BCUT2D eigenvalue weighted by Crippen LogP contribution is -2.53. The average molecular weight is 384 g/mol. The molecule has 1 aromatic heterocycles. The lowest BCUT2D eigenvalue weighted by molar-refractivity contribution is 0.0234. The molecule has 0 bridgehead atoms. The van der Waals surface area contributed by atoms with E-state index in [-0.39, 0.29) is 12.1 Å². The first-order valence-electron chi connectivity index (χ1n) is 8.80. The van der Waals surface area contributed by atoms with Crippen LogP contribution in [0.5, 0.6) is 11.5 Å². The Bertz CT molecular complexity index is 948. The molecule has 0 unspecified atom stereocenters. The topological polar surface area (TPSA) is 60.9 Å². The minimum atomic E-state index is -0.311. The number of hydrogen-bond acceptors (Lipinski definition) is 7. The Morgan fingerprint density at radius 3 is 2.70 bits per heavy atom. The first kappa shape index (κ1) is 17.6. The molecule has 0 atom stereocenters. The van der Waals surface area contributed by atoms with Crippen LogP contribution in [0.3, 0.4) is 0 Å². The number of esters is 1. The maximum Gasteiger partial charge on any atom is 0.338 e. The fraction of sp³-hybridized carbons (Fsp3) is 0.300. The summed E-state index contributed by atoms with van der Waals surface area (Å²) in [6.45, 7) is 3.81. The summed E-state index contributed by atoms with van der Waals surface area (Å²) in [5.74, 6) is 1.21. The van der Waals surface area contributed by atoms with E-state index in [0.29, 0.717) is 25.3 Å². The molecule has 1 saturated heterocycles. The predicted octanol–water partition coefficient (Wildman–Crippen LogP) is 3.75. The van der Waals surface area contributed by atoms with E-state index in [2.05, 4.69) is 9.88 Å². The third-order valence-electron chi connectivity index (χ3n) is 4.38. The molecule has 0 saturated carbocycles. The maximum atomic E-state index is 12.3. The zero-order valence-electron chi connectivity index (χ0n) is 15.2. The third kappa shape index (κ3) is 3.55. The summed E-state index contributed by atoms with van der Waals surface area (Å²) in [5.41, 5.74) is 1.40. The van der Waals surface area contributed by atoms with Crippen molar-refractivity contribution in [3.63, 3.8) is 0 Å². The molecule has 0 amide bonds. The Morgan fingerprint density at radius 1 is 1.22 bits per heavy atom. The molecule has 1 fully saturated rings. The predicted molar refractivity (Wildman–Crippen MR) is 105 cm³/mol. The summed E-state index contributed by atoms with van der Waals surface area (Å²) in [7, 11) is 1.65. The fourth-order valence-corrected chi connectivity index (χ4v) is 3.96. The molecular formula is C20H20N2O4S. The fourth-order valence-electron chi connectivity index (χ4n) is 2.95. The van der Waals surface area contributed by atoms with Crippen molar-refractivity contribution < 1.29 is 19.0 Å². The van der Waals surface area contributed by atoms with Gasteiger partial charge < -0.3 is 19.1 Å². The van der Waals surface area contributed by atoms with Crippen LogP contribution >= 0.6 is 11.3 Å². The number of hydrogen-bond donors (Lipinski definition) is 0. The van der Waals surface area contributed by atoms with Gasteiger partial charge in [-0.2, -0.15) is 0 Å². The number of anilines is 1. The number of nitrogens with zero attached hydrogens (tertiary/aromatic N) is 2. The monoisotopic (exact) mass is 384 g/mol. The number of carbonyl (C=O) groups is 1. The van der Waals surface area contributed by atoms with E-state index in [1.165, 1.54) is 0 Å². The molecule has 4 rings (SSSR count). The molecule has 3 aromatic rings. The van der Waals surface area contributed by atoms with Gasteiger partial charge >= 0.3 is 5.97 Å². The molecule has 1 aliphatic heterocycles. The van der Waals surface area contributed by atoms with Crippen LogP contribution in [0, 0.1) is 0 Å². The summed E-state index contributed by atoms with van der Waals surface area (Å²) in [5, 5.41) is 0.919. The van der Waals surface area contributed by atoms with Gasteiger partial charge in [-0.1, -0.05) is 17.4 Å². The van der Waals surface area contributed by atoms with Crippen molar-refractivity contribution in [3.05, 3.63) is 48.0 Å². The number of para-hydroxylation sites is 1. The van der Waals surface area contributed by atoms with E-state index < -0.39 is 0 Å². The molecule has 2 aromatic carbocycles. The minimum Gasteiger partial charge on any atom is -0.494 e. The van der Waals surface area contributed by atoms with Gasteiger partial charge in [0.2, 0.25) is 0 Å². The van der Waals surface area contributed by atoms with Gasteiger partial charge in [-0.3, -0.25) is 0 Å². The molecule has 27 heavy (non-hydrogen) atoms. The number of aromatic nitrogens is 1. The molecule has 6 nitrogen and oxygen atoms in total. The normalized spacial score (nSPS) is 14.1. The van der Waals surface area contributed by atoms with E-state index in [9.17, 15) is 4.79 Å². The van der Waals surface area contributed by atoms with E-state index in [0.717, 1.165) is 26.8 Å². The van der Waals surface area contributed by atoms with Crippen LogP contribution in [0.2, 0.25) is 0 Å². The third-order valence-corrected chi connectivity index (χ3v) is 5.47. The number of methoxy groups -OCH3 is 1. The second-order valence-electron chi connectivity index (χ2n) is 6.19. The lowest BCUT2D eigenvalue weighted by atomic mass is 10.1. The molecule has 0 radical (unpaired) electrons. The van der Waals surface area contributed by atoms with Crippen molar-refractivity contribution >= 4 is 32.7 Å². The quantitative estimate of drug-likeness (QED) is 0.603. The van der Waals surface area contributed by atoms with Crippen LogP contribution in [0.25, 0.3) is 10.2 Å². The summed E-state index contributed by atoms with van der Waals surface area (Å²) in [6, 6.07) is 12.9. The first-order valence-corrected chi connectivity index (χ1v) is 9.62. The number of thiazole rings is 1. The Labute approximate surface area is 161 Å². The summed E-state index contributed by atoms with van der Waals surface area (Å²) in [4.78, 5) is 19.1. The van der Waals surface area contributed by atoms with Gasteiger partial charge in [-0.15, -0.1) is 0 Å².